The van der Waals surface area contributed by atoms with Gasteiger partial charge in [-0.2, -0.15) is 5.26 Å². The Morgan fingerprint density at radius 2 is 2.22 bits per heavy atom. The van der Waals surface area contributed by atoms with E-state index in [1.807, 2.05) is 18.0 Å². The molecular formula is C14H12FN3. The van der Waals surface area contributed by atoms with E-state index in [1.165, 1.54) is 12.1 Å². The summed E-state index contributed by atoms with van der Waals surface area (Å²) in [4.78, 5) is 5.88. The Hall–Kier alpha value is -2.41. The molecular weight excluding hydrogens is 229 g/mol. The fourth-order valence-electron chi connectivity index (χ4n) is 1.78. The van der Waals surface area contributed by atoms with Crippen LogP contribution in [0.3, 0.4) is 0 Å². The molecule has 1 aromatic carbocycles. The molecule has 0 amide bonds. The lowest BCUT2D eigenvalue weighted by Crippen LogP contribution is -2.17. The summed E-state index contributed by atoms with van der Waals surface area (Å²) in [6.07, 6.45) is 3.22. The Kier molecular flexibility index (Phi) is 3.54. The van der Waals surface area contributed by atoms with Gasteiger partial charge in [0.15, 0.2) is 0 Å². The quantitative estimate of drug-likeness (QED) is 0.829. The van der Waals surface area contributed by atoms with Crippen LogP contribution >= 0.6 is 0 Å². The van der Waals surface area contributed by atoms with E-state index in [9.17, 15) is 4.39 Å². The van der Waals surface area contributed by atoms with Crippen molar-refractivity contribution in [2.45, 2.75) is 6.54 Å². The van der Waals surface area contributed by atoms with Gasteiger partial charge in [-0.1, -0.05) is 12.1 Å². The second kappa shape index (κ2) is 5.28. The predicted molar refractivity (Wildman–Crippen MR) is 67.5 cm³/mol. The molecule has 0 radical (unpaired) electrons. The first kappa shape index (κ1) is 12.1. The van der Waals surface area contributed by atoms with Gasteiger partial charge in [0.1, 0.15) is 11.9 Å². The third-order valence-electron chi connectivity index (χ3n) is 2.64. The average molecular weight is 241 g/mol. The summed E-state index contributed by atoms with van der Waals surface area (Å²) in [7, 11) is 1.85. The zero-order valence-electron chi connectivity index (χ0n) is 9.97. The number of benzene rings is 1. The van der Waals surface area contributed by atoms with Gasteiger partial charge in [0.25, 0.3) is 0 Å². The first-order valence-corrected chi connectivity index (χ1v) is 5.50. The minimum Gasteiger partial charge on any atom is -0.368 e. The molecule has 0 spiro atoms. The van der Waals surface area contributed by atoms with Crippen LogP contribution in [0.1, 0.15) is 11.1 Å². The van der Waals surface area contributed by atoms with Crippen molar-refractivity contribution in [1.82, 2.24) is 4.98 Å². The maximum absolute atomic E-state index is 13.1. The number of pyridine rings is 1. The largest absolute Gasteiger partial charge is 0.368 e. The Balaban J connectivity index is 2.22. The molecule has 2 aromatic rings. The third-order valence-corrected chi connectivity index (χ3v) is 2.64. The lowest BCUT2D eigenvalue weighted by Gasteiger charge is -2.19. The van der Waals surface area contributed by atoms with Crippen LogP contribution in [0.2, 0.25) is 0 Å². The smallest absolute Gasteiger partial charge is 0.123 e. The lowest BCUT2D eigenvalue weighted by atomic mass is 10.2. The molecule has 0 unspecified atom stereocenters. The molecule has 18 heavy (non-hydrogen) atoms. The zero-order chi connectivity index (χ0) is 13.0. The van der Waals surface area contributed by atoms with Crippen molar-refractivity contribution in [1.29, 1.82) is 5.26 Å². The first-order chi connectivity index (χ1) is 8.70. The molecule has 3 nitrogen and oxygen atoms in total. The predicted octanol–water partition coefficient (Wildman–Crippen LogP) is 2.73. The average Bonchev–Trinajstić information content (AvgIpc) is 2.38. The highest BCUT2D eigenvalue weighted by atomic mass is 19.1. The van der Waals surface area contributed by atoms with E-state index in [4.69, 9.17) is 5.26 Å². The monoisotopic (exact) mass is 241 g/mol. The number of nitrogens with zero attached hydrogens (tertiary/aromatic N) is 3. The number of hydrogen-bond acceptors (Lipinski definition) is 3. The maximum Gasteiger partial charge on any atom is 0.123 e. The SMILES string of the molecule is CN(Cc1cccc(F)c1)c1cnccc1C#N. The topological polar surface area (TPSA) is 39.9 Å². The second-order valence-electron chi connectivity index (χ2n) is 3.99. The molecule has 0 atom stereocenters. The Morgan fingerprint density at radius 3 is 2.94 bits per heavy atom. The highest BCUT2D eigenvalue weighted by Crippen LogP contribution is 2.19. The molecule has 0 bridgehead atoms. The zero-order valence-corrected chi connectivity index (χ0v) is 9.97. The van der Waals surface area contributed by atoms with E-state index in [0.717, 1.165) is 11.3 Å². The summed E-state index contributed by atoms with van der Waals surface area (Å²) < 4.78 is 13.1. The number of hydrogen-bond donors (Lipinski definition) is 0. The van der Waals surface area contributed by atoms with Crippen molar-refractivity contribution >= 4 is 5.69 Å². The van der Waals surface area contributed by atoms with Crippen LogP contribution in [0.4, 0.5) is 10.1 Å². The van der Waals surface area contributed by atoms with Gasteiger partial charge in [0.05, 0.1) is 17.4 Å². The van der Waals surface area contributed by atoms with E-state index < -0.39 is 0 Å². The molecule has 0 aliphatic heterocycles. The van der Waals surface area contributed by atoms with E-state index in [1.54, 1.807) is 24.5 Å². The maximum atomic E-state index is 13.1. The second-order valence-corrected chi connectivity index (χ2v) is 3.99. The molecule has 2 rings (SSSR count). The van der Waals surface area contributed by atoms with Crippen molar-refractivity contribution in [2.75, 3.05) is 11.9 Å². The molecule has 1 aromatic heterocycles. The fraction of sp³-hybridized carbons (Fsp3) is 0.143. The Morgan fingerprint density at radius 1 is 1.39 bits per heavy atom. The van der Waals surface area contributed by atoms with Gasteiger partial charge in [-0.25, -0.2) is 4.39 Å². The van der Waals surface area contributed by atoms with E-state index in [0.29, 0.717) is 12.1 Å². The molecule has 90 valence electrons. The normalized spacial score (nSPS) is 9.83. The number of aromatic nitrogens is 1. The van der Waals surface area contributed by atoms with Crippen molar-refractivity contribution < 1.29 is 4.39 Å². The van der Waals surface area contributed by atoms with Crippen LogP contribution in [0, 0.1) is 17.1 Å². The summed E-state index contributed by atoms with van der Waals surface area (Å²) >= 11 is 0. The molecule has 0 saturated heterocycles. The molecule has 0 saturated carbocycles. The summed E-state index contributed by atoms with van der Waals surface area (Å²) in [5, 5.41) is 9.01. The summed E-state index contributed by atoms with van der Waals surface area (Å²) in [6, 6.07) is 10.2. The van der Waals surface area contributed by atoms with Crippen LogP contribution in [0.15, 0.2) is 42.7 Å². The van der Waals surface area contributed by atoms with Crippen LogP contribution in [0.25, 0.3) is 0 Å². The standard InChI is InChI=1S/C14H12FN3/c1-18(10-11-3-2-4-13(15)7-11)14-9-17-6-5-12(14)8-16/h2-7,9H,10H2,1H3. The molecule has 0 N–H and O–H groups in total. The minimum absolute atomic E-state index is 0.257. The van der Waals surface area contributed by atoms with Gasteiger partial charge in [0, 0.05) is 19.8 Å². The van der Waals surface area contributed by atoms with Crippen LogP contribution in [-0.4, -0.2) is 12.0 Å². The summed E-state index contributed by atoms with van der Waals surface area (Å²) in [6.45, 7) is 0.526. The molecule has 4 heteroatoms. The first-order valence-electron chi connectivity index (χ1n) is 5.50. The van der Waals surface area contributed by atoms with Gasteiger partial charge in [-0.3, -0.25) is 4.98 Å². The van der Waals surface area contributed by atoms with Crippen molar-refractivity contribution in [3.63, 3.8) is 0 Å². The Labute approximate surface area is 105 Å². The van der Waals surface area contributed by atoms with Crippen LogP contribution < -0.4 is 4.90 Å². The highest BCUT2D eigenvalue weighted by Gasteiger charge is 2.08. The number of nitriles is 1. The van der Waals surface area contributed by atoms with Gasteiger partial charge in [-0.15, -0.1) is 0 Å². The molecule has 1 heterocycles. The van der Waals surface area contributed by atoms with E-state index >= 15 is 0 Å². The highest BCUT2D eigenvalue weighted by molar-refractivity contribution is 5.57. The molecule has 0 aliphatic rings. The Bertz CT molecular complexity index is 590. The summed E-state index contributed by atoms with van der Waals surface area (Å²) in [5.74, 6) is -0.257. The van der Waals surface area contributed by atoms with Gasteiger partial charge < -0.3 is 4.90 Å². The van der Waals surface area contributed by atoms with Gasteiger partial charge in [0.2, 0.25) is 0 Å². The van der Waals surface area contributed by atoms with Crippen molar-refractivity contribution in [3.8, 4) is 6.07 Å². The fourth-order valence-corrected chi connectivity index (χ4v) is 1.78. The third kappa shape index (κ3) is 2.64. The number of rotatable bonds is 3. The van der Waals surface area contributed by atoms with Gasteiger partial charge >= 0.3 is 0 Å². The molecule has 0 aliphatic carbocycles. The minimum atomic E-state index is -0.257. The molecule has 0 fully saturated rings. The van der Waals surface area contributed by atoms with Crippen LogP contribution in [-0.2, 0) is 6.54 Å². The van der Waals surface area contributed by atoms with Crippen molar-refractivity contribution in [3.05, 3.63) is 59.7 Å². The van der Waals surface area contributed by atoms with Crippen molar-refractivity contribution in [2.24, 2.45) is 0 Å². The summed E-state index contributed by atoms with van der Waals surface area (Å²) in [5.41, 5.74) is 2.15. The lowest BCUT2D eigenvalue weighted by molar-refractivity contribution is 0.625. The van der Waals surface area contributed by atoms with Crippen LogP contribution in [0.5, 0.6) is 0 Å². The van der Waals surface area contributed by atoms with E-state index in [-0.39, 0.29) is 5.82 Å². The van der Waals surface area contributed by atoms with Gasteiger partial charge in [-0.05, 0) is 23.8 Å². The van der Waals surface area contributed by atoms with E-state index in [2.05, 4.69) is 11.1 Å². The number of halogens is 1. The number of anilines is 1.